The molecule has 2 heteroatoms. The summed E-state index contributed by atoms with van der Waals surface area (Å²) in [4.78, 5) is 0. The first-order valence-electron chi connectivity index (χ1n) is 8.86. The van der Waals surface area contributed by atoms with Gasteiger partial charge in [0, 0.05) is 6.61 Å². The van der Waals surface area contributed by atoms with Crippen molar-refractivity contribution in [2.75, 3.05) is 6.61 Å². The topological polar surface area (TPSA) is 18.5 Å². The third-order valence-corrected chi connectivity index (χ3v) is 5.57. The van der Waals surface area contributed by atoms with Crippen molar-refractivity contribution < 1.29 is 9.47 Å². The Kier molecular flexibility index (Phi) is 3.27. The minimum absolute atomic E-state index is 0.0123. The first-order chi connectivity index (χ1) is 11.4. The summed E-state index contributed by atoms with van der Waals surface area (Å²) in [5, 5.41) is 0. The lowest BCUT2D eigenvalue weighted by Crippen LogP contribution is -2.25. The lowest BCUT2D eigenvalue weighted by molar-refractivity contribution is -0.181. The second-order valence-electron chi connectivity index (χ2n) is 7.02. The van der Waals surface area contributed by atoms with Gasteiger partial charge in [-0.3, -0.25) is 0 Å². The van der Waals surface area contributed by atoms with Crippen LogP contribution < -0.4 is 0 Å². The van der Waals surface area contributed by atoms with Gasteiger partial charge < -0.3 is 9.47 Å². The van der Waals surface area contributed by atoms with Gasteiger partial charge in [0.15, 0.2) is 6.29 Å². The van der Waals surface area contributed by atoms with Gasteiger partial charge in [-0.05, 0) is 59.8 Å². The van der Waals surface area contributed by atoms with Crippen molar-refractivity contribution in [3.63, 3.8) is 0 Å². The normalized spacial score (nSPS) is 31.5. The Morgan fingerprint density at radius 2 is 1.39 bits per heavy atom. The predicted molar refractivity (Wildman–Crippen MR) is 89.5 cm³/mol. The molecule has 2 fully saturated rings. The van der Waals surface area contributed by atoms with E-state index in [9.17, 15) is 0 Å². The van der Waals surface area contributed by atoms with Gasteiger partial charge in [-0.25, -0.2) is 0 Å². The van der Waals surface area contributed by atoms with Gasteiger partial charge in [-0.1, -0.05) is 48.5 Å². The zero-order valence-corrected chi connectivity index (χ0v) is 13.3. The lowest BCUT2D eigenvalue weighted by atomic mass is 9.94. The van der Waals surface area contributed by atoms with Gasteiger partial charge in [0.05, 0.1) is 0 Å². The number of fused-ring (bicyclic) bond motifs is 5. The molecule has 0 N–H and O–H groups in total. The molecule has 1 aliphatic heterocycles. The Morgan fingerprint density at radius 3 is 1.96 bits per heavy atom. The molecule has 1 saturated heterocycles. The zero-order valence-electron chi connectivity index (χ0n) is 13.3. The molecule has 0 radical (unpaired) electrons. The largest absolute Gasteiger partial charge is 0.353 e. The highest BCUT2D eigenvalue weighted by Gasteiger charge is 2.46. The maximum atomic E-state index is 6.51. The molecule has 2 aliphatic carbocycles. The molecule has 4 atom stereocenters. The van der Waals surface area contributed by atoms with E-state index in [1.165, 1.54) is 35.1 Å². The molecule has 5 rings (SSSR count). The summed E-state index contributed by atoms with van der Waals surface area (Å²) >= 11 is 0. The average molecular weight is 306 g/mol. The van der Waals surface area contributed by atoms with Gasteiger partial charge in [0.2, 0.25) is 0 Å². The van der Waals surface area contributed by atoms with Crippen molar-refractivity contribution in [3.05, 3.63) is 70.8 Å². The molecule has 0 amide bonds. The highest BCUT2D eigenvalue weighted by atomic mass is 16.7. The van der Waals surface area contributed by atoms with Crippen molar-refractivity contribution in [2.24, 2.45) is 0 Å². The first-order valence-corrected chi connectivity index (χ1v) is 8.86. The molecule has 2 aromatic carbocycles. The zero-order chi connectivity index (χ0) is 15.2. The smallest absolute Gasteiger partial charge is 0.158 e. The van der Waals surface area contributed by atoms with Crippen molar-refractivity contribution in [2.45, 2.75) is 49.9 Å². The fraction of sp³-hybridized carbons (Fsp3) is 0.429. The number of ether oxygens (including phenoxy) is 2. The van der Waals surface area contributed by atoms with Crippen molar-refractivity contribution in [3.8, 4) is 0 Å². The SMILES string of the molecule is c1ccc2c(c1)C(OC1CCCCO1)c1ccccc1[C@@H]1C[C@H]21. The van der Waals surface area contributed by atoms with Crippen LogP contribution in [-0.4, -0.2) is 12.9 Å². The molecule has 3 aliphatic rings. The second kappa shape index (κ2) is 5.47. The van der Waals surface area contributed by atoms with E-state index in [2.05, 4.69) is 48.5 Å². The number of benzene rings is 2. The van der Waals surface area contributed by atoms with E-state index in [1.54, 1.807) is 0 Å². The number of rotatable bonds is 2. The Balaban J connectivity index is 1.59. The van der Waals surface area contributed by atoms with Crippen LogP contribution in [0.5, 0.6) is 0 Å². The molecule has 2 aromatic rings. The van der Waals surface area contributed by atoms with Crippen LogP contribution in [0.15, 0.2) is 48.5 Å². The number of hydrogen-bond acceptors (Lipinski definition) is 2. The van der Waals surface area contributed by atoms with Crippen LogP contribution in [0.3, 0.4) is 0 Å². The van der Waals surface area contributed by atoms with E-state index in [4.69, 9.17) is 9.47 Å². The second-order valence-corrected chi connectivity index (χ2v) is 7.02. The molecule has 0 spiro atoms. The highest BCUT2D eigenvalue weighted by molar-refractivity contribution is 5.51. The summed E-state index contributed by atoms with van der Waals surface area (Å²) < 4.78 is 12.4. The predicted octanol–water partition coefficient (Wildman–Crippen LogP) is 4.90. The van der Waals surface area contributed by atoms with Crippen molar-refractivity contribution in [1.29, 1.82) is 0 Å². The molecule has 0 bridgehead atoms. The Hall–Kier alpha value is -1.64. The summed E-state index contributed by atoms with van der Waals surface area (Å²) in [6.07, 6.45) is 4.59. The third kappa shape index (κ3) is 2.32. The summed E-state index contributed by atoms with van der Waals surface area (Å²) in [5.74, 6) is 1.35. The molecule has 23 heavy (non-hydrogen) atoms. The van der Waals surface area contributed by atoms with Gasteiger partial charge >= 0.3 is 0 Å². The molecule has 0 aromatic heterocycles. The van der Waals surface area contributed by atoms with Gasteiger partial charge in [-0.15, -0.1) is 0 Å². The number of hydrogen-bond donors (Lipinski definition) is 0. The summed E-state index contributed by atoms with van der Waals surface area (Å²) in [6.45, 7) is 0.825. The van der Waals surface area contributed by atoms with E-state index in [0.717, 1.165) is 19.4 Å². The summed E-state index contributed by atoms with van der Waals surface area (Å²) in [6, 6.07) is 17.7. The molecule has 2 nitrogen and oxygen atoms in total. The van der Waals surface area contributed by atoms with Crippen molar-refractivity contribution >= 4 is 0 Å². The molecular weight excluding hydrogens is 284 g/mol. The van der Waals surface area contributed by atoms with E-state index < -0.39 is 0 Å². The highest BCUT2D eigenvalue weighted by Crippen LogP contribution is 2.60. The molecule has 1 heterocycles. The van der Waals surface area contributed by atoms with Crippen LogP contribution in [-0.2, 0) is 9.47 Å². The van der Waals surface area contributed by atoms with E-state index in [1.807, 2.05) is 0 Å². The Bertz CT molecular complexity index is 666. The summed E-state index contributed by atoms with van der Waals surface area (Å²) in [5.41, 5.74) is 5.65. The third-order valence-electron chi connectivity index (χ3n) is 5.57. The maximum absolute atomic E-state index is 6.51. The fourth-order valence-corrected chi connectivity index (χ4v) is 4.34. The van der Waals surface area contributed by atoms with Crippen molar-refractivity contribution in [1.82, 2.24) is 0 Å². The van der Waals surface area contributed by atoms with E-state index >= 15 is 0 Å². The van der Waals surface area contributed by atoms with Gasteiger partial charge in [-0.2, -0.15) is 0 Å². The standard InChI is InChI=1S/C21H22O2/c1-3-9-16-14(7-1)18-13-19(18)15-8-2-4-10-17(15)21(16)23-20-11-5-6-12-22-20/h1-4,7-10,18-21H,5-6,11-13H2/t18-,19+,20?,21?. The van der Waals surface area contributed by atoms with E-state index in [0.29, 0.717) is 11.8 Å². The quantitative estimate of drug-likeness (QED) is 0.785. The molecular formula is C21H22O2. The first kappa shape index (κ1) is 13.8. The van der Waals surface area contributed by atoms with Crippen LogP contribution in [0.1, 0.15) is 65.9 Å². The summed E-state index contributed by atoms with van der Waals surface area (Å²) in [7, 11) is 0. The van der Waals surface area contributed by atoms with Gasteiger partial charge in [0.25, 0.3) is 0 Å². The fourth-order valence-electron chi connectivity index (χ4n) is 4.34. The van der Waals surface area contributed by atoms with Gasteiger partial charge in [0.1, 0.15) is 6.10 Å². The lowest BCUT2D eigenvalue weighted by Gasteiger charge is -2.29. The minimum atomic E-state index is -0.0655. The monoisotopic (exact) mass is 306 g/mol. The minimum Gasteiger partial charge on any atom is -0.353 e. The molecule has 1 saturated carbocycles. The Labute approximate surface area is 137 Å². The van der Waals surface area contributed by atoms with Crippen LogP contribution in [0, 0.1) is 0 Å². The van der Waals surface area contributed by atoms with E-state index in [-0.39, 0.29) is 12.4 Å². The van der Waals surface area contributed by atoms with Crippen LogP contribution >= 0.6 is 0 Å². The maximum Gasteiger partial charge on any atom is 0.158 e. The average Bonchev–Trinajstić information content (AvgIpc) is 3.41. The Morgan fingerprint density at radius 1 is 0.783 bits per heavy atom. The van der Waals surface area contributed by atoms with Crippen LogP contribution in [0.25, 0.3) is 0 Å². The molecule has 118 valence electrons. The van der Waals surface area contributed by atoms with Crippen LogP contribution in [0.4, 0.5) is 0 Å². The van der Waals surface area contributed by atoms with Crippen LogP contribution in [0.2, 0.25) is 0 Å². The molecule has 2 unspecified atom stereocenters.